The summed E-state index contributed by atoms with van der Waals surface area (Å²) in [6.07, 6.45) is 3.98. The zero-order chi connectivity index (χ0) is 26.2. The van der Waals surface area contributed by atoms with Crippen LogP contribution in [0.1, 0.15) is 39.4 Å². The molecule has 1 aromatic carbocycles. The number of H-pyrrole nitrogens is 1. The fourth-order valence-corrected chi connectivity index (χ4v) is 5.22. The van der Waals surface area contributed by atoms with Crippen LogP contribution in [0.3, 0.4) is 0 Å². The number of nitrogens with one attached hydrogen (secondary N) is 3. The molecule has 0 atom stereocenters. The lowest BCUT2D eigenvalue weighted by molar-refractivity contribution is 0.0933. The Labute approximate surface area is 210 Å². The number of aromatic nitrogens is 4. The number of piperidine rings is 1. The second-order valence-electron chi connectivity index (χ2n) is 8.97. The van der Waals surface area contributed by atoms with E-state index in [-0.39, 0.29) is 23.9 Å². The molecule has 3 N–H and O–H groups in total. The molecule has 4 heterocycles. The van der Waals surface area contributed by atoms with Gasteiger partial charge in [0.15, 0.2) is 11.2 Å². The summed E-state index contributed by atoms with van der Waals surface area (Å²) in [4.78, 5) is 44.1. The van der Waals surface area contributed by atoms with Crippen molar-refractivity contribution >= 4 is 38.6 Å². The Kier molecular flexibility index (Phi) is 6.52. The van der Waals surface area contributed by atoms with Gasteiger partial charge in [0, 0.05) is 38.3 Å². The topological polar surface area (TPSA) is 172 Å². The van der Waals surface area contributed by atoms with E-state index in [1.165, 1.54) is 27.3 Å². The van der Waals surface area contributed by atoms with Crippen molar-refractivity contribution in [1.82, 2.24) is 34.5 Å². The molecule has 0 bridgehead atoms. The second-order valence-corrected chi connectivity index (χ2v) is 11.0. The molecule has 1 saturated heterocycles. The van der Waals surface area contributed by atoms with Crippen LogP contribution >= 0.6 is 0 Å². The molecule has 2 amide bonds. The van der Waals surface area contributed by atoms with Crippen molar-refractivity contribution in [1.29, 1.82) is 0 Å². The number of carbonyl (C=O) groups excluding carboxylic acids is 2. The van der Waals surface area contributed by atoms with Crippen LogP contribution < -0.4 is 16.4 Å². The van der Waals surface area contributed by atoms with E-state index in [0.29, 0.717) is 49.2 Å². The predicted octanol–water partition coefficient (Wildman–Crippen LogP) is 0.495. The Hall–Kier alpha value is -4.04. The number of sulfonamides is 1. The van der Waals surface area contributed by atoms with Gasteiger partial charge < -0.3 is 15.1 Å². The number of fused-ring (bicyclic) bond motifs is 2. The van der Waals surface area contributed by atoms with Gasteiger partial charge in [-0.15, -0.1) is 0 Å². The van der Waals surface area contributed by atoms with Crippen molar-refractivity contribution in [3.63, 3.8) is 0 Å². The van der Waals surface area contributed by atoms with Crippen molar-refractivity contribution in [2.45, 2.75) is 19.4 Å². The monoisotopic (exact) mass is 527 g/mol. The highest BCUT2D eigenvalue weighted by Crippen LogP contribution is 2.19. The van der Waals surface area contributed by atoms with Crippen LogP contribution in [0, 0.1) is 5.92 Å². The number of aromatic amines is 1. The molecule has 4 aromatic rings. The SMILES string of the molecule is CS(=O)(=O)N1CCC(CNC(=O)c2cc(C(=O)NCc3ccc4oc(=O)[nH]c4c3)nc3ccnn23)CC1. The molecule has 5 rings (SSSR count). The number of amides is 2. The molecule has 0 spiro atoms. The van der Waals surface area contributed by atoms with Gasteiger partial charge in [0.1, 0.15) is 11.4 Å². The van der Waals surface area contributed by atoms with Gasteiger partial charge in [0.2, 0.25) is 10.0 Å². The molecule has 1 aliphatic rings. The number of nitrogens with zero attached hydrogens (tertiary/aromatic N) is 4. The van der Waals surface area contributed by atoms with Gasteiger partial charge in [0.25, 0.3) is 11.8 Å². The van der Waals surface area contributed by atoms with Crippen LogP contribution in [0.4, 0.5) is 0 Å². The van der Waals surface area contributed by atoms with Crippen LogP contribution in [0.5, 0.6) is 0 Å². The molecule has 1 aliphatic heterocycles. The lowest BCUT2D eigenvalue weighted by Crippen LogP contribution is -2.41. The van der Waals surface area contributed by atoms with Crippen molar-refractivity contribution in [2.75, 3.05) is 25.9 Å². The highest BCUT2D eigenvalue weighted by Gasteiger charge is 2.26. The van der Waals surface area contributed by atoms with Crippen molar-refractivity contribution in [3.05, 3.63) is 64.0 Å². The Morgan fingerprint density at radius 3 is 2.68 bits per heavy atom. The van der Waals surface area contributed by atoms with Gasteiger partial charge in [-0.2, -0.15) is 5.10 Å². The normalized spacial score (nSPS) is 15.3. The molecule has 0 unspecified atom stereocenters. The first kappa shape index (κ1) is 24.6. The highest BCUT2D eigenvalue weighted by atomic mass is 32.2. The summed E-state index contributed by atoms with van der Waals surface area (Å²) >= 11 is 0. The van der Waals surface area contributed by atoms with Crippen molar-refractivity contribution in [3.8, 4) is 0 Å². The van der Waals surface area contributed by atoms with E-state index >= 15 is 0 Å². The zero-order valence-electron chi connectivity index (χ0n) is 19.9. The molecule has 0 saturated carbocycles. The zero-order valence-corrected chi connectivity index (χ0v) is 20.7. The first-order valence-corrected chi connectivity index (χ1v) is 13.5. The van der Waals surface area contributed by atoms with E-state index in [4.69, 9.17) is 4.42 Å². The number of hydrogen-bond acceptors (Lipinski definition) is 8. The van der Waals surface area contributed by atoms with Crippen LogP contribution in [0.15, 0.2) is 45.7 Å². The molecule has 0 aliphatic carbocycles. The van der Waals surface area contributed by atoms with E-state index in [2.05, 4.69) is 25.7 Å². The summed E-state index contributed by atoms with van der Waals surface area (Å²) < 4.78 is 31.2. The molecule has 1 fully saturated rings. The Morgan fingerprint density at radius 1 is 1.14 bits per heavy atom. The third-order valence-corrected chi connectivity index (χ3v) is 7.66. The number of oxazole rings is 1. The molecule has 13 nitrogen and oxygen atoms in total. The number of rotatable bonds is 7. The smallest absolute Gasteiger partial charge is 0.408 e. The maximum atomic E-state index is 13.0. The summed E-state index contributed by atoms with van der Waals surface area (Å²) in [7, 11) is -3.21. The molecule has 3 aromatic heterocycles. The highest BCUT2D eigenvalue weighted by molar-refractivity contribution is 7.88. The molecule has 37 heavy (non-hydrogen) atoms. The standard InChI is InChI=1S/C23H25N7O6S/c1-37(34,35)29-8-5-14(6-9-29)12-25-22(32)18-11-17(27-20-4-7-26-30(18)20)21(31)24-13-15-2-3-19-16(10-15)28-23(33)36-19/h2-4,7,10-11,14H,5-6,8-9,12-13H2,1H3,(H,24,31)(H,25,32)(H,28,33). The van der Waals surface area contributed by atoms with Gasteiger partial charge in [0.05, 0.1) is 18.0 Å². The summed E-state index contributed by atoms with van der Waals surface area (Å²) in [5, 5.41) is 9.80. The lowest BCUT2D eigenvalue weighted by Gasteiger charge is -2.30. The average molecular weight is 528 g/mol. The Morgan fingerprint density at radius 2 is 1.92 bits per heavy atom. The minimum atomic E-state index is -3.21. The third-order valence-electron chi connectivity index (χ3n) is 6.35. The molecule has 194 valence electrons. The Balaban J connectivity index is 1.25. The minimum Gasteiger partial charge on any atom is -0.408 e. The summed E-state index contributed by atoms with van der Waals surface area (Å²) in [6.45, 7) is 1.39. The van der Waals surface area contributed by atoms with Gasteiger partial charge in [-0.05, 0) is 36.5 Å². The van der Waals surface area contributed by atoms with Gasteiger partial charge in [-0.3, -0.25) is 14.6 Å². The van der Waals surface area contributed by atoms with E-state index < -0.39 is 27.6 Å². The summed E-state index contributed by atoms with van der Waals surface area (Å²) in [5.41, 5.74) is 2.24. The average Bonchev–Trinajstić information content (AvgIpc) is 3.50. The number of carbonyl (C=O) groups is 2. The van der Waals surface area contributed by atoms with Crippen LogP contribution in [0.25, 0.3) is 16.7 Å². The first-order valence-electron chi connectivity index (χ1n) is 11.7. The van der Waals surface area contributed by atoms with Crippen LogP contribution in [-0.4, -0.2) is 70.0 Å². The van der Waals surface area contributed by atoms with E-state index in [0.717, 1.165) is 5.56 Å². The fraction of sp³-hybridized carbons (Fsp3) is 0.348. The van der Waals surface area contributed by atoms with Gasteiger partial charge in [-0.1, -0.05) is 6.07 Å². The number of benzene rings is 1. The third kappa shape index (κ3) is 5.39. The summed E-state index contributed by atoms with van der Waals surface area (Å²) in [5.74, 6) is -1.31. The number of hydrogen-bond donors (Lipinski definition) is 3. The van der Waals surface area contributed by atoms with Crippen molar-refractivity contribution < 1.29 is 22.4 Å². The second kappa shape index (κ2) is 9.78. The van der Waals surface area contributed by atoms with E-state index in [9.17, 15) is 22.8 Å². The largest absolute Gasteiger partial charge is 0.417 e. The lowest BCUT2D eigenvalue weighted by atomic mass is 9.98. The quantitative estimate of drug-likeness (QED) is 0.312. The molecular weight excluding hydrogens is 502 g/mol. The maximum absolute atomic E-state index is 13.0. The van der Waals surface area contributed by atoms with E-state index in [1.54, 1.807) is 24.3 Å². The minimum absolute atomic E-state index is 0.0532. The van der Waals surface area contributed by atoms with Crippen LogP contribution in [-0.2, 0) is 16.6 Å². The maximum Gasteiger partial charge on any atom is 0.417 e. The summed E-state index contributed by atoms with van der Waals surface area (Å²) in [6, 6.07) is 8.05. The van der Waals surface area contributed by atoms with Crippen LogP contribution in [0.2, 0.25) is 0 Å². The molecule has 14 heteroatoms. The predicted molar refractivity (Wildman–Crippen MR) is 132 cm³/mol. The van der Waals surface area contributed by atoms with Gasteiger partial charge >= 0.3 is 5.76 Å². The van der Waals surface area contributed by atoms with E-state index in [1.807, 2.05) is 0 Å². The van der Waals surface area contributed by atoms with Gasteiger partial charge in [-0.25, -0.2) is 27.0 Å². The van der Waals surface area contributed by atoms with Crippen molar-refractivity contribution in [2.24, 2.45) is 5.92 Å². The molecule has 0 radical (unpaired) electrons. The Bertz CT molecular complexity index is 1650. The molecular formula is C23H25N7O6S. The first-order chi connectivity index (χ1) is 17.7. The fourth-order valence-electron chi connectivity index (χ4n) is 4.35.